The predicted molar refractivity (Wildman–Crippen MR) is 87.6 cm³/mol. The van der Waals surface area contributed by atoms with Crippen LogP contribution in [0.5, 0.6) is 0 Å². The van der Waals surface area contributed by atoms with Gasteiger partial charge in [-0.25, -0.2) is 9.18 Å². The zero-order valence-electron chi connectivity index (χ0n) is 16.1. The van der Waals surface area contributed by atoms with Crippen molar-refractivity contribution in [3.05, 3.63) is 32.6 Å². The van der Waals surface area contributed by atoms with Crippen LogP contribution in [0.4, 0.5) is 4.39 Å². The van der Waals surface area contributed by atoms with Crippen LogP contribution in [0.2, 0.25) is 0 Å². The highest BCUT2D eigenvalue weighted by atomic mass is 19.2. The number of aromatic amines is 1. The highest BCUT2D eigenvalue weighted by Crippen LogP contribution is 2.37. The molecule has 2 rings (SSSR count). The van der Waals surface area contributed by atoms with E-state index in [1.54, 1.807) is 13.8 Å². The Morgan fingerprint density at radius 2 is 2.38 bits per heavy atom. The largest absolute Gasteiger partial charge is 0.458 e. The molecule has 9 nitrogen and oxygen atoms in total. The fraction of sp³-hybridized carbons (Fsp3) is 0.562. The van der Waals surface area contributed by atoms with E-state index in [4.69, 9.17) is 19.6 Å². The Hall–Kier alpha value is -2.48. The molecular weight excluding hydrogens is 349 g/mol. The van der Waals surface area contributed by atoms with Gasteiger partial charge in [-0.3, -0.25) is 19.1 Å². The SMILES string of the molecule is [2H]C([2H])(OC(=O)[C@@H](N)C(C)C)[C@]1(F)C[C@@H](O)[C@H](n2cc(C#C)c(=O)[nH]c2=O)O1. The number of aliphatic hydroxyl groups excluding tert-OH is 1. The molecule has 0 aromatic carbocycles. The molecule has 1 fully saturated rings. The minimum absolute atomic E-state index is 0.288. The number of rotatable bonds is 5. The summed E-state index contributed by atoms with van der Waals surface area (Å²) in [5.74, 6) is -2.89. The molecule has 1 aliphatic heterocycles. The van der Waals surface area contributed by atoms with Gasteiger partial charge in [0.1, 0.15) is 17.7 Å². The number of nitrogens with zero attached hydrogens (tertiary/aromatic N) is 1. The highest BCUT2D eigenvalue weighted by molar-refractivity contribution is 5.75. The Morgan fingerprint density at radius 3 is 2.96 bits per heavy atom. The van der Waals surface area contributed by atoms with Crippen molar-refractivity contribution in [2.45, 2.75) is 44.5 Å². The normalized spacial score (nSPS) is 28.2. The van der Waals surface area contributed by atoms with Gasteiger partial charge < -0.3 is 20.3 Å². The summed E-state index contributed by atoms with van der Waals surface area (Å²) in [6.07, 6.45) is 1.60. The number of aromatic nitrogens is 2. The number of H-pyrrole nitrogens is 1. The van der Waals surface area contributed by atoms with Crippen LogP contribution >= 0.6 is 0 Å². The molecule has 0 unspecified atom stereocenters. The average molecular weight is 371 g/mol. The van der Waals surface area contributed by atoms with Gasteiger partial charge in [-0.05, 0) is 5.92 Å². The highest BCUT2D eigenvalue weighted by Gasteiger charge is 2.49. The lowest BCUT2D eigenvalue weighted by atomic mass is 10.1. The first-order chi connectivity index (χ1) is 12.8. The zero-order chi connectivity index (χ0) is 21.4. The summed E-state index contributed by atoms with van der Waals surface area (Å²) in [5.41, 5.74) is 3.36. The molecule has 0 spiro atoms. The van der Waals surface area contributed by atoms with Crippen LogP contribution in [0, 0.1) is 18.3 Å². The Balaban J connectivity index is 2.33. The minimum Gasteiger partial charge on any atom is -0.458 e. The molecule has 2 heterocycles. The van der Waals surface area contributed by atoms with Crippen molar-refractivity contribution < 1.29 is 26.5 Å². The molecule has 0 amide bonds. The van der Waals surface area contributed by atoms with Gasteiger partial charge >= 0.3 is 11.7 Å². The van der Waals surface area contributed by atoms with Crippen LogP contribution in [0.3, 0.4) is 0 Å². The monoisotopic (exact) mass is 371 g/mol. The predicted octanol–water partition coefficient (Wildman–Crippen LogP) is -1.01. The number of alkyl halides is 1. The lowest BCUT2D eigenvalue weighted by molar-refractivity contribution is -0.196. The number of carbonyl (C=O) groups excluding carboxylic acids is 1. The Bertz CT molecular complexity index is 924. The first-order valence-corrected chi connectivity index (χ1v) is 7.68. The third-order valence-corrected chi connectivity index (χ3v) is 3.80. The lowest BCUT2D eigenvalue weighted by Crippen LogP contribution is -2.40. The number of terminal acetylenes is 1. The minimum atomic E-state index is -3.33. The van der Waals surface area contributed by atoms with Crippen molar-refractivity contribution in [1.82, 2.24) is 9.55 Å². The first-order valence-electron chi connectivity index (χ1n) is 8.68. The third-order valence-electron chi connectivity index (χ3n) is 3.80. The summed E-state index contributed by atoms with van der Waals surface area (Å²) >= 11 is 0. The van der Waals surface area contributed by atoms with E-state index in [9.17, 15) is 19.5 Å². The Kier molecular flexibility index (Phi) is 4.83. The number of aliphatic hydroxyl groups is 1. The second kappa shape index (κ2) is 7.41. The number of ether oxygens (including phenoxy) is 2. The number of hydrogen-bond donors (Lipinski definition) is 3. The molecule has 26 heavy (non-hydrogen) atoms. The van der Waals surface area contributed by atoms with E-state index in [1.165, 1.54) is 0 Å². The average Bonchev–Trinajstić information content (AvgIpc) is 2.90. The quantitative estimate of drug-likeness (QED) is 0.445. The van der Waals surface area contributed by atoms with Crippen molar-refractivity contribution in [2.24, 2.45) is 11.7 Å². The van der Waals surface area contributed by atoms with Crippen molar-refractivity contribution in [1.29, 1.82) is 0 Å². The maximum atomic E-state index is 15.2. The topological polar surface area (TPSA) is 137 Å². The van der Waals surface area contributed by atoms with Gasteiger partial charge in [0.25, 0.3) is 5.56 Å². The second-order valence-electron chi connectivity index (χ2n) is 6.15. The van der Waals surface area contributed by atoms with Crippen molar-refractivity contribution in [2.75, 3.05) is 6.56 Å². The van der Waals surface area contributed by atoms with E-state index in [0.29, 0.717) is 4.57 Å². The molecule has 0 saturated carbocycles. The van der Waals surface area contributed by atoms with Crippen LogP contribution in [-0.4, -0.2) is 45.2 Å². The van der Waals surface area contributed by atoms with Gasteiger partial charge in [0.2, 0.25) is 5.85 Å². The molecule has 0 bridgehead atoms. The maximum absolute atomic E-state index is 15.2. The summed E-state index contributed by atoms with van der Waals surface area (Å²) in [7, 11) is 0. The molecule has 10 heteroatoms. The molecular formula is C16H20FN3O6. The molecule has 4 atom stereocenters. The molecule has 142 valence electrons. The maximum Gasteiger partial charge on any atom is 0.330 e. The fourth-order valence-electron chi connectivity index (χ4n) is 2.24. The molecule has 1 aliphatic rings. The fourth-order valence-corrected chi connectivity index (χ4v) is 2.24. The van der Waals surface area contributed by atoms with Crippen LogP contribution in [0.15, 0.2) is 15.8 Å². The van der Waals surface area contributed by atoms with Crippen LogP contribution in [0.1, 0.15) is 34.8 Å². The number of hydrogen-bond acceptors (Lipinski definition) is 7. The summed E-state index contributed by atoms with van der Waals surface area (Å²) in [5, 5.41) is 10.1. The number of halogens is 1. The van der Waals surface area contributed by atoms with E-state index < -0.39 is 60.3 Å². The summed E-state index contributed by atoms with van der Waals surface area (Å²) in [6.45, 7) is -0.151. The van der Waals surface area contributed by atoms with Gasteiger partial charge in [0.15, 0.2) is 12.8 Å². The number of carbonyl (C=O) groups is 1. The Morgan fingerprint density at radius 1 is 1.73 bits per heavy atom. The van der Waals surface area contributed by atoms with E-state index in [0.717, 1.165) is 6.20 Å². The van der Waals surface area contributed by atoms with Gasteiger partial charge in [-0.2, -0.15) is 0 Å². The number of nitrogens with one attached hydrogen (secondary N) is 1. The molecule has 0 aliphatic carbocycles. The Labute approximate surface area is 150 Å². The van der Waals surface area contributed by atoms with E-state index in [-0.39, 0.29) is 5.56 Å². The molecule has 0 radical (unpaired) electrons. The van der Waals surface area contributed by atoms with E-state index in [2.05, 4.69) is 4.74 Å². The van der Waals surface area contributed by atoms with Crippen molar-refractivity contribution >= 4 is 5.97 Å². The smallest absolute Gasteiger partial charge is 0.330 e. The number of nitrogens with two attached hydrogens (primary N) is 1. The van der Waals surface area contributed by atoms with Gasteiger partial charge in [0.05, 0.1) is 2.74 Å². The lowest BCUT2D eigenvalue weighted by Gasteiger charge is -2.22. The summed E-state index contributed by atoms with van der Waals surface area (Å²) in [6, 6.07) is -1.21. The van der Waals surface area contributed by atoms with Gasteiger partial charge in [-0.1, -0.05) is 19.8 Å². The van der Waals surface area contributed by atoms with E-state index >= 15 is 4.39 Å². The van der Waals surface area contributed by atoms with Gasteiger partial charge in [0, 0.05) is 12.6 Å². The molecule has 1 saturated heterocycles. The molecule has 1 aromatic heterocycles. The van der Waals surface area contributed by atoms with Gasteiger partial charge in [-0.15, -0.1) is 6.42 Å². The van der Waals surface area contributed by atoms with Crippen molar-refractivity contribution in [3.8, 4) is 12.3 Å². The molecule has 4 N–H and O–H groups in total. The van der Waals surface area contributed by atoms with E-state index in [1.807, 2.05) is 10.9 Å². The number of esters is 1. The van der Waals surface area contributed by atoms with Crippen LogP contribution in [-0.2, 0) is 14.3 Å². The second-order valence-corrected chi connectivity index (χ2v) is 6.15. The summed E-state index contributed by atoms with van der Waals surface area (Å²) < 4.78 is 40.9. The summed E-state index contributed by atoms with van der Waals surface area (Å²) in [4.78, 5) is 37.3. The first kappa shape index (κ1) is 17.0. The zero-order valence-corrected chi connectivity index (χ0v) is 14.1. The van der Waals surface area contributed by atoms with Crippen LogP contribution < -0.4 is 17.0 Å². The standard InChI is InChI=1S/C16H20FN3O6/c1-4-9-6-20(15(24)19-12(9)22)13-10(21)5-16(17,26-13)7-25-14(23)11(18)8(2)3/h1,6,8,10-11,13,21H,5,7,18H2,2-3H3,(H,19,22,24)/t10-,11+,13-,16+/m1/s1/i7D2. The molecule has 1 aromatic rings. The van der Waals surface area contributed by atoms with Crippen LogP contribution in [0.25, 0.3) is 0 Å². The van der Waals surface area contributed by atoms with Crippen molar-refractivity contribution in [3.63, 3.8) is 0 Å². The third kappa shape index (κ3) is 4.01.